The van der Waals surface area contributed by atoms with Crippen molar-refractivity contribution in [2.24, 2.45) is 10.7 Å². The molecule has 2 rings (SSSR count). The molecule has 0 amide bonds. The summed E-state index contributed by atoms with van der Waals surface area (Å²) in [5, 5.41) is 2.86. The number of guanidine groups is 1. The molecule has 0 aliphatic rings. The van der Waals surface area contributed by atoms with Crippen LogP contribution in [0.5, 0.6) is 5.75 Å². The van der Waals surface area contributed by atoms with Crippen molar-refractivity contribution in [1.29, 1.82) is 0 Å². The van der Waals surface area contributed by atoms with Gasteiger partial charge in [-0.3, -0.25) is 4.99 Å². The molecular weight excluding hydrogens is 458 g/mol. The lowest BCUT2D eigenvalue weighted by atomic mass is 10.1. The second-order valence-corrected chi connectivity index (χ2v) is 5.42. The molecule has 0 atom stereocenters. The molecule has 0 fully saturated rings. The van der Waals surface area contributed by atoms with Gasteiger partial charge in [-0.1, -0.05) is 12.1 Å². The van der Waals surface area contributed by atoms with E-state index in [9.17, 15) is 13.2 Å². The molecule has 0 aliphatic heterocycles. The number of ether oxygens (including phenoxy) is 1. The summed E-state index contributed by atoms with van der Waals surface area (Å²) < 4.78 is 44.2. The van der Waals surface area contributed by atoms with E-state index in [2.05, 4.69) is 10.3 Å². The predicted octanol–water partition coefficient (Wildman–Crippen LogP) is 3.42. The maximum absolute atomic E-state index is 13.1. The van der Waals surface area contributed by atoms with Crippen LogP contribution in [0.25, 0.3) is 0 Å². The molecule has 0 unspecified atom stereocenters. The first-order valence-corrected chi connectivity index (χ1v) is 7.79. The highest BCUT2D eigenvalue weighted by Crippen LogP contribution is 2.14. The van der Waals surface area contributed by atoms with E-state index in [1.807, 2.05) is 24.3 Å². The summed E-state index contributed by atoms with van der Waals surface area (Å²) in [6, 6.07) is 9.60. The Kier molecular flexibility index (Phi) is 9.25. The Morgan fingerprint density at radius 1 is 1.04 bits per heavy atom. The van der Waals surface area contributed by atoms with Gasteiger partial charge in [0.15, 0.2) is 23.4 Å². The van der Waals surface area contributed by atoms with Crippen LogP contribution in [-0.4, -0.2) is 26.2 Å². The van der Waals surface area contributed by atoms with E-state index in [-0.39, 0.29) is 29.9 Å². The third-order valence-corrected chi connectivity index (χ3v) is 3.61. The fourth-order valence-corrected chi connectivity index (χ4v) is 2.24. The first-order valence-electron chi connectivity index (χ1n) is 7.79. The molecule has 0 saturated carbocycles. The second-order valence-electron chi connectivity index (χ2n) is 5.42. The summed E-state index contributed by atoms with van der Waals surface area (Å²) in [5.74, 6) is -2.82. The Hall–Kier alpha value is -1.97. The monoisotopic (exact) mass is 479 g/mol. The van der Waals surface area contributed by atoms with Gasteiger partial charge in [0, 0.05) is 13.1 Å². The standard InChI is InChI=1S/C18H20F3N3O.HI/c1-25-14-4-2-12(3-5-14)6-8-23-18(22)24-9-7-13-10-15(19)17(21)16(20)11-13;/h2-5,10-11H,6-9H2,1H3,(H3,22,23,24);1H. The quantitative estimate of drug-likeness (QED) is 0.277. The molecule has 0 saturated heterocycles. The number of nitrogens with one attached hydrogen (secondary N) is 1. The minimum absolute atomic E-state index is 0. The highest BCUT2D eigenvalue weighted by Gasteiger charge is 2.10. The first kappa shape index (κ1) is 22.1. The molecule has 8 heteroatoms. The number of halogens is 4. The lowest BCUT2D eigenvalue weighted by Crippen LogP contribution is -2.33. The summed E-state index contributed by atoms with van der Waals surface area (Å²) in [6.07, 6.45) is 1.02. The van der Waals surface area contributed by atoms with E-state index in [1.54, 1.807) is 7.11 Å². The van der Waals surface area contributed by atoms with Crippen molar-refractivity contribution in [3.8, 4) is 5.75 Å². The Morgan fingerprint density at radius 3 is 2.23 bits per heavy atom. The van der Waals surface area contributed by atoms with Gasteiger partial charge in [0.05, 0.1) is 7.11 Å². The molecule has 0 bridgehead atoms. The largest absolute Gasteiger partial charge is 0.497 e. The molecule has 0 radical (unpaired) electrons. The Morgan fingerprint density at radius 2 is 1.65 bits per heavy atom. The van der Waals surface area contributed by atoms with Crippen LogP contribution in [0.3, 0.4) is 0 Å². The van der Waals surface area contributed by atoms with Crippen molar-refractivity contribution in [3.05, 3.63) is 65.0 Å². The summed E-state index contributed by atoms with van der Waals surface area (Å²) in [7, 11) is 1.61. The molecule has 0 aromatic heterocycles. The van der Waals surface area contributed by atoms with Gasteiger partial charge in [0.1, 0.15) is 5.75 Å². The Labute approximate surface area is 167 Å². The number of hydrogen-bond donors (Lipinski definition) is 2. The summed E-state index contributed by atoms with van der Waals surface area (Å²) in [5.41, 5.74) is 7.19. The van der Waals surface area contributed by atoms with E-state index in [0.29, 0.717) is 25.1 Å². The smallest absolute Gasteiger partial charge is 0.194 e. The molecule has 0 spiro atoms. The van der Waals surface area contributed by atoms with Gasteiger partial charge >= 0.3 is 0 Å². The predicted molar refractivity (Wildman–Crippen MR) is 107 cm³/mol. The van der Waals surface area contributed by atoms with Crippen molar-refractivity contribution >= 4 is 29.9 Å². The number of nitrogens with two attached hydrogens (primary N) is 1. The fourth-order valence-electron chi connectivity index (χ4n) is 2.24. The maximum atomic E-state index is 13.1. The lowest BCUT2D eigenvalue weighted by Gasteiger charge is -2.07. The third-order valence-electron chi connectivity index (χ3n) is 3.61. The van der Waals surface area contributed by atoms with Gasteiger partial charge in [-0.15, -0.1) is 24.0 Å². The molecule has 142 valence electrons. The van der Waals surface area contributed by atoms with E-state index >= 15 is 0 Å². The van der Waals surface area contributed by atoms with Crippen molar-refractivity contribution < 1.29 is 17.9 Å². The molecular formula is C18H21F3IN3O. The number of methoxy groups -OCH3 is 1. The average molecular weight is 479 g/mol. The van der Waals surface area contributed by atoms with Gasteiger partial charge in [-0.2, -0.15) is 0 Å². The zero-order valence-corrected chi connectivity index (χ0v) is 16.6. The summed E-state index contributed by atoms with van der Waals surface area (Å²) in [6.45, 7) is 0.841. The normalized spacial score (nSPS) is 11.0. The van der Waals surface area contributed by atoms with Crippen LogP contribution >= 0.6 is 24.0 Å². The van der Waals surface area contributed by atoms with Crippen molar-refractivity contribution in [3.63, 3.8) is 0 Å². The van der Waals surface area contributed by atoms with Gasteiger partial charge < -0.3 is 15.8 Å². The molecule has 4 nitrogen and oxygen atoms in total. The minimum atomic E-state index is -1.46. The van der Waals surface area contributed by atoms with Crippen molar-refractivity contribution in [2.45, 2.75) is 12.8 Å². The van der Waals surface area contributed by atoms with Crippen LogP contribution in [0.2, 0.25) is 0 Å². The number of hydrogen-bond acceptors (Lipinski definition) is 2. The number of benzene rings is 2. The topological polar surface area (TPSA) is 59.6 Å². The van der Waals surface area contributed by atoms with E-state index in [0.717, 1.165) is 29.9 Å². The number of rotatable bonds is 7. The van der Waals surface area contributed by atoms with Gasteiger partial charge in [0.25, 0.3) is 0 Å². The highest BCUT2D eigenvalue weighted by molar-refractivity contribution is 14.0. The summed E-state index contributed by atoms with van der Waals surface area (Å²) >= 11 is 0. The van der Waals surface area contributed by atoms with Crippen LogP contribution < -0.4 is 15.8 Å². The minimum Gasteiger partial charge on any atom is -0.497 e. The third kappa shape index (κ3) is 6.74. The molecule has 0 aliphatic carbocycles. The fraction of sp³-hybridized carbons (Fsp3) is 0.278. The molecule has 26 heavy (non-hydrogen) atoms. The number of aliphatic imine (C=N–C) groups is 1. The maximum Gasteiger partial charge on any atom is 0.194 e. The van der Waals surface area contributed by atoms with Crippen LogP contribution in [-0.2, 0) is 12.8 Å². The van der Waals surface area contributed by atoms with Gasteiger partial charge in [-0.05, 0) is 48.2 Å². The zero-order valence-electron chi connectivity index (χ0n) is 14.3. The van der Waals surface area contributed by atoms with Gasteiger partial charge in [-0.25, -0.2) is 13.2 Å². The van der Waals surface area contributed by atoms with E-state index < -0.39 is 17.5 Å². The van der Waals surface area contributed by atoms with E-state index in [1.165, 1.54) is 0 Å². The molecule has 3 N–H and O–H groups in total. The lowest BCUT2D eigenvalue weighted by molar-refractivity contribution is 0.414. The average Bonchev–Trinajstić information content (AvgIpc) is 2.60. The molecule has 2 aromatic rings. The molecule has 2 aromatic carbocycles. The Bertz CT molecular complexity index is 716. The van der Waals surface area contributed by atoms with Crippen LogP contribution in [0.4, 0.5) is 13.2 Å². The highest BCUT2D eigenvalue weighted by atomic mass is 127. The zero-order chi connectivity index (χ0) is 18.2. The van der Waals surface area contributed by atoms with Gasteiger partial charge in [0.2, 0.25) is 0 Å². The Balaban J connectivity index is 0.00000338. The van der Waals surface area contributed by atoms with Crippen LogP contribution in [0, 0.1) is 17.5 Å². The molecule has 0 heterocycles. The van der Waals surface area contributed by atoms with Crippen LogP contribution in [0.15, 0.2) is 41.4 Å². The van der Waals surface area contributed by atoms with Crippen molar-refractivity contribution in [1.82, 2.24) is 5.32 Å². The van der Waals surface area contributed by atoms with Crippen LogP contribution in [0.1, 0.15) is 11.1 Å². The number of nitrogens with zero attached hydrogens (tertiary/aromatic N) is 1. The second kappa shape index (κ2) is 10.9. The van der Waals surface area contributed by atoms with E-state index in [4.69, 9.17) is 10.5 Å². The van der Waals surface area contributed by atoms with Crippen molar-refractivity contribution in [2.75, 3.05) is 20.2 Å². The SMILES string of the molecule is COc1ccc(CCN=C(N)NCCc2cc(F)c(F)c(F)c2)cc1.I. The summed E-state index contributed by atoms with van der Waals surface area (Å²) in [4.78, 5) is 4.19. The first-order chi connectivity index (χ1) is 12.0.